The first kappa shape index (κ1) is 13.9. The zero-order valence-corrected chi connectivity index (χ0v) is 11.9. The van der Waals surface area contributed by atoms with Crippen LogP contribution >= 0.6 is 0 Å². The van der Waals surface area contributed by atoms with Gasteiger partial charge in [-0.2, -0.15) is 0 Å². The maximum Gasteiger partial charge on any atom is 0.415 e. The molecule has 0 fully saturated rings. The number of aliphatic hydroxyl groups excluding tert-OH is 1. The molecule has 1 unspecified atom stereocenters. The Morgan fingerprint density at radius 2 is 2.05 bits per heavy atom. The summed E-state index contributed by atoms with van der Waals surface area (Å²) >= 11 is 0. The topological polar surface area (TPSA) is 49.8 Å². The average Bonchev–Trinajstić information content (AvgIpc) is 2.59. The summed E-state index contributed by atoms with van der Waals surface area (Å²) in [5.74, 6) is 0. The number of hydrogen-bond acceptors (Lipinski definition) is 3. The minimum atomic E-state index is -0.633. The number of hydrogen-bond donors (Lipinski definition) is 1. The van der Waals surface area contributed by atoms with Crippen LogP contribution in [0.3, 0.4) is 0 Å². The van der Waals surface area contributed by atoms with Crippen molar-refractivity contribution >= 4 is 11.8 Å². The van der Waals surface area contributed by atoms with Crippen LogP contribution in [-0.2, 0) is 11.2 Å². The number of carbonyl (C=O) groups is 1. The normalized spacial score (nSPS) is 22.3. The lowest BCUT2D eigenvalue weighted by molar-refractivity contribution is 0.0519. The molecule has 4 nitrogen and oxygen atoms in total. The van der Waals surface area contributed by atoms with Gasteiger partial charge in [0.05, 0.1) is 17.8 Å². The van der Waals surface area contributed by atoms with Crippen LogP contribution < -0.4 is 4.90 Å². The zero-order chi connectivity index (χ0) is 14.3. The highest BCUT2D eigenvalue weighted by atomic mass is 16.6. The third-order valence-corrected chi connectivity index (χ3v) is 3.26. The Hall–Kier alpha value is -1.55. The highest BCUT2D eigenvalue weighted by Gasteiger charge is 2.44. The van der Waals surface area contributed by atoms with E-state index in [4.69, 9.17) is 4.74 Å². The molecule has 0 aliphatic carbocycles. The van der Waals surface area contributed by atoms with Gasteiger partial charge in [-0.15, -0.1) is 0 Å². The van der Waals surface area contributed by atoms with Crippen molar-refractivity contribution in [2.24, 2.45) is 0 Å². The minimum absolute atomic E-state index is 0.0963. The van der Waals surface area contributed by atoms with E-state index in [0.29, 0.717) is 6.42 Å². The fourth-order valence-electron chi connectivity index (χ4n) is 2.41. The van der Waals surface area contributed by atoms with Crippen molar-refractivity contribution in [3.05, 3.63) is 29.8 Å². The zero-order valence-electron chi connectivity index (χ0n) is 11.9. The van der Waals surface area contributed by atoms with E-state index in [-0.39, 0.29) is 6.61 Å². The van der Waals surface area contributed by atoms with Crippen LogP contribution in [0.25, 0.3) is 0 Å². The van der Waals surface area contributed by atoms with E-state index in [0.717, 1.165) is 11.3 Å². The summed E-state index contributed by atoms with van der Waals surface area (Å²) in [6, 6.07) is 7.70. The molecule has 0 saturated carbocycles. The summed E-state index contributed by atoms with van der Waals surface area (Å²) in [4.78, 5) is 14.0. The SMILES string of the molecule is CC(C)(C)OC(=O)N1c2ccccc2CC1(C)CO. The molecule has 1 amide bonds. The number of anilines is 1. The molecule has 0 spiro atoms. The van der Waals surface area contributed by atoms with E-state index < -0.39 is 17.2 Å². The van der Waals surface area contributed by atoms with E-state index in [9.17, 15) is 9.90 Å². The monoisotopic (exact) mass is 263 g/mol. The van der Waals surface area contributed by atoms with Crippen LogP contribution in [-0.4, -0.2) is 28.9 Å². The highest BCUT2D eigenvalue weighted by molar-refractivity contribution is 5.92. The van der Waals surface area contributed by atoms with Crippen molar-refractivity contribution in [3.63, 3.8) is 0 Å². The summed E-state index contributed by atoms with van der Waals surface area (Å²) in [7, 11) is 0. The third kappa shape index (κ3) is 2.59. The number of carbonyl (C=O) groups excluding carboxylic acids is 1. The second-order valence-electron chi connectivity index (χ2n) is 6.28. The fourth-order valence-corrected chi connectivity index (χ4v) is 2.41. The van der Waals surface area contributed by atoms with Gasteiger partial charge in [0.2, 0.25) is 0 Å². The molecule has 0 bridgehead atoms. The maximum absolute atomic E-state index is 12.4. The number of ether oxygens (including phenoxy) is 1. The summed E-state index contributed by atoms with van der Waals surface area (Å²) in [5.41, 5.74) is 0.704. The lowest BCUT2D eigenvalue weighted by atomic mass is 9.98. The molecular formula is C15H21NO3. The molecule has 1 aromatic rings. The van der Waals surface area contributed by atoms with Crippen LogP contribution in [0.1, 0.15) is 33.3 Å². The van der Waals surface area contributed by atoms with Crippen LogP contribution in [0, 0.1) is 0 Å². The molecule has 4 heteroatoms. The summed E-state index contributed by atoms with van der Waals surface area (Å²) in [6.45, 7) is 7.29. The van der Waals surface area contributed by atoms with Gasteiger partial charge in [-0.05, 0) is 39.3 Å². The molecule has 0 radical (unpaired) electrons. The quantitative estimate of drug-likeness (QED) is 0.847. The van der Waals surface area contributed by atoms with Crippen molar-refractivity contribution < 1.29 is 14.6 Å². The van der Waals surface area contributed by atoms with E-state index in [2.05, 4.69) is 0 Å². The lowest BCUT2D eigenvalue weighted by Crippen LogP contribution is -2.52. The number of benzene rings is 1. The Morgan fingerprint density at radius 1 is 1.42 bits per heavy atom. The summed E-state index contributed by atoms with van der Waals surface area (Å²) < 4.78 is 5.45. The lowest BCUT2D eigenvalue weighted by Gasteiger charge is -2.35. The number of nitrogens with zero attached hydrogens (tertiary/aromatic N) is 1. The van der Waals surface area contributed by atoms with Crippen molar-refractivity contribution in [1.82, 2.24) is 0 Å². The Balaban J connectivity index is 2.37. The molecule has 104 valence electrons. The fraction of sp³-hybridized carbons (Fsp3) is 0.533. The van der Waals surface area contributed by atoms with Crippen LogP contribution in [0.2, 0.25) is 0 Å². The highest BCUT2D eigenvalue weighted by Crippen LogP contribution is 2.39. The maximum atomic E-state index is 12.4. The van der Waals surface area contributed by atoms with Crippen molar-refractivity contribution in [2.45, 2.75) is 45.3 Å². The molecule has 2 rings (SSSR count). The van der Waals surface area contributed by atoms with Gasteiger partial charge in [0, 0.05) is 6.42 Å². The molecule has 1 aliphatic rings. The molecular weight excluding hydrogens is 242 g/mol. The third-order valence-electron chi connectivity index (χ3n) is 3.26. The average molecular weight is 263 g/mol. The van der Waals surface area contributed by atoms with E-state index in [1.54, 1.807) is 4.90 Å². The van der Waals surface area contributed by atoms with E-state index in [1.807, 2.05) is 52.0 Å². The van der Waals surface area contributed by atoms with Gasteiger partial charge < -0.3 is 9.84 Å². The molecule has 1 atom stereocenters. The van der Waals surface area contributed by atoms with Gasteiger partial charge in [-0.3, -0.25) is 4.90 Å². The van der Waals surface area contributed by atoms with Crippen molar-refractivity contribution in [1.29, 1.82) is 0 Å². The second kappa shape index (κ2) is 4.53. The Labute approximate surface area is 114 Å². The first-order valence-corrected chi connectivity index (χ1v) is 6.49. The smallest absolute Gasteiger partial charge is 0.415 e. The van der Waals surface area contributed by atoms with Gasteiger partial charge in [-0.25, -0.2) is 4.79 Å². The van der Waals surface area contributed by atoms with Gasteiger partial charge >= 0.3 is 6.09 Å². The Morgan fingerprint density at radius 3 is 2.63 bits per heavy atom. The summed E-state index contributed by atoms with van der Waals surface area (Å²) in [6.07, 6.45) is 0.229. The molecule has 1 aliphatic heterocycles. The van der Waals surface area contributed by atoms with Gasteiger partial charge in [0.1, 0.15) is 5.60 Å². The standard InChI is InChI=1S/C15H21NO3/c1-14(2,3)19-13(18)16-12-8-6-5-7-11(12)9-15(16,4)10-17/h5-8,17H,9-10H2,1-4H3. The first-order chi connectivity index (χ1) is 8.77. The molecule has 1 N–H and O–H groups in total. The number of rotatable bonds is 1. The van der Waals surface area contributed by atoms with Crippen molar-refractivity contribution in [3.8, 4) is 0 Å². The van der Waals surface area contributed by atoms with Crippen LogP contribution in [0.15, 0.2) is 24.3 Å². The minimum Gasteiger partial charge on any atom is -0.443 e. The predicted octanol–water partition coefficient (Wildman–Crippen LogP) is 2.74. The van der Waals surface area contributed by atoms with Crippen LogP contribution in [0.4, 0.5) is 10.5 Å². The molecule has 1 heterocycles. The largest absolute Gasteiger partial charge is 0.443 e. The predicted molar refractivity (Wildman–Crippen MR) is 74.3 cm³/mol. The molecule has 19 heavy (non-hydrogen) atoms. The number of amides is 1. The second-order valence-corrected chi connectivity index (χ2v) is 6.28. The van der Waals surface area contributed by atoms with Gasteiger partial charge in [-0.1, -0.05) is 18.2 Å². The van der Waals surface area contributed by atoms with Crippen molar-refractivity contribution in [2.75, 3.05) is 11.5 Å². The molecule has 0 saturated heterocycles. The number of para-hydroxylation sites is 1. The Bertz CT molecular complexity index is 492. The van der Waals surface area contributed by atoms with Gasteiger partial charge in [0.25, 0.3) is 0 Å². The van der Waals surface area contributed by atoms with Crippen LogP contribution in [0.5, 0.6) is 0 Å². The number of fused-ring (bicyclic) bond motifs is 1. The van der Waals surface area contributed by atoms with Gasteiger partial charge in [0.15, 0.2) is 0 Å². The Kier molecular flexibility index (Phi) is 3.31. The van der Waals surface area contributed by atoms with E-state index in [1.165, 1.54) is 0 Å². The molecule has 0 aromatic heterocycles. The first-order valence-electron chi connectivity index (χ1n) is 6.49. The van der Waals surface area contributed by atoms with E-state index >= 15 is 0 Å². The number of aliphatic hydroxyl groups is 1. The molecule has 1 aromatic carbocycles. The summed E-state index contributed by atoms with van der Waals surface area (Å²) in [5, 5.41) is 9.67.